The van der Waals surface area contributed by atoms with E-state index in [1.807, 2.05) is 55.5 Å². The Morgan fingerprint density at radius 1 is 1.14 bits per heavy atom. The van der Waals surface area contributed by atoms with Gasteiger partial charge in [-0.15, -0.1) is 0 Å². The van der Waals surface area contributed by atoms with Gasteiger partial charge in [0.2, 0.25) is 5.91 Å². The molecule has 1 aliphatic rings. The van der Waals surface area contributed by atoms with Crippen LogP contribution in [0.15, 0.2) is 84.0 Å². The summed E-state index contributed by atoms with van der Waals surface area (Å²) in [6, 6.07) is 17.2. The number of rotatable bonds is 6. The van der Waals surface area contributed by atoms with E-state index in [1.165, 1.54) is 10.7 Å². The van der Waals surface area contributed by atoms with Crippen molar-refractivity contribution in [1.29, 1.82) is 0 Å². The maximum absolute atomic E-state index is 14.2. The van der Waals surface area contributed by atoms with Gasteiger partial charge in [-0.05, 0) is 55.5 Å². The van der Waals surface area contributed by atoms with Crippen molar-refractivity contribution in [2.45, 2.75) is 38.1 Å². The SMILES string of the molecule is CC(NC(=O)c1cnn2cccnc12)c1cc2cccc(C#CCNC(=O)C3CCC(O)N3)c2c(=O)n1-c1ccccc1. The summed E-state index contributed by atoms with van der Waals surface area (Å²) in [5.74, 6) is 5.40. The summed E-state index contributed by atoms with van der Waals surface area (Å²) in [4.78, 5) is 44.1. The largest absolute Gasteiger partial charge is 0.379 e. The highest BCUT2D eigenvalue weighted by molar-refractivity contribution is 5.99. The first kappa shape index (κ1) is 27.8. The molecule has 0 aliphatic carbocycles. The van der Waals surface area contributed by atoms with Crippen LogP contribution < -0.4 is 21.5 Å². The van der Waals surface area contributed by atoms with E-state index in [0.29, 0.717) is 51.8 Å². The first-order chi connectivity index (χ1) is 20.9. The summed E-state index contributed by atoms with van der Waals surface area (Å²) >= 11 is 0. The van der Waals surface area contributed by atoms with Crippen molar-refractivity contribution in [3.63, 3.8) is 0 Å². The Kier molecular flexibility index (Phi) is 7.70. The van der Waals surface area contributed by atoms with Crippen molar-refractivity contribution < 1.29 is 14.7 Å². The summed E-state index contributed by atoms with van der Waals surface area (Å²) in [7, 11) is 0. The van der Waals surface area contributed by atoms with Crippen LogP contribution in [0.4, 0.5) is 0 Å². The molecule has 0 bridgehead atoms. The summed E-state index contributed by atoms with van der Waals surface area (Å²) < 4.78 is 3.12. The number of hydrogen-bond donors (Lipinski definition) is 4. The molecule has 2 amide bonds. The molecule has 11 heteroatoms. The Bertz CT molecular complexity index is 1960. The molecule has 0 spiro atoms. The summed E-state index contributed by atoms with van der Waals surface area (Å²) in [6.07, 6.45) is 5.19. The van der Waals surface area contributed by atoms with Gasteiger partial charge < -0.3 is 15.7 Å². The normalized spacial score (nSPS) is 16.9. The van der Waals surface area contributed by atoms with Gasteiger partial charge in [0.15, 0.2) is 5.65 Å². The fourth-order valence-corrected chi connectivity index (χ4v) is 5.31. The molecule has 1 fully saturated rings. The maximum Gasteiger partial charge on any atom is 0.264 e. The number of carbonyl (C=O) groups excluding carboxylic acids is 2. The minimum absolute atomic E-state index is 0.0932. The molecule has 4 N–H and O–H groups in total. The molecule has 0 saturated carbocycles. The van der Waals surface area contributed by atoms with Crippen LogP contribution in [0.1, 0.15) is 47.4 Å². The third-order valence-electron chi connectivity index (χ3n) is 7.42. The summed E-state index contributed by atoms with van der Waals surface area (Å²) in [6.45, 7) is 1.91. The molecular formula is C32H29N7O4. The number of aliphatic hydroxyl groups excluding tert-OH is 1. The maximum atomic E-state index is 14.2. The van der Waals surface area contributed by atoms with Crippen LogP contribution >= 0.6 is 0 Å². The lowest BCUT2D eigenvalue weighted by atomic mass is 10.0. The van der Waals surface area contributed by atoms with E-state index < -0.39 is 18.3 Å². The minimum atomic E-state index is -0.673. The van der Waals surface area contributed by atoms with Gasteiger partial charge in [0.1, 0.15) is 11.8 Å². The predicted molar refractivity (Wildman–Crippen MR) is 160 cm³/mol. The number of para-hydroxylation sites is 1. The number of hydrogen-bond acceptors (Lipinski definition) is 7. The Morgan fingerprint density at radius 3 is 2.77 bits per heavy atom. The van der Waals surface area contributed by atoms with E-state index in [1.54, 1.807) is 29.1 Å². The van der Waals surface area contributed by atoms with Crippen molar-refractivity contribution in [1.82, 2.24) is 35.1 Å². The molecule has 11 nitrogen and oxygen atoms in total. The van der Waals surface area contributed by atoms with E-state index in [2.05, 4.69) is 37.9 Å². The monoisotopic (exact) mass is 575 g/mol. The van der Waals surface area contributed by atoms with Gasteiger partial charge in [0.05, 0.1) is 30.2 Å². The Morgan fingerprint density at radius 2 is 1.98 bits per heavy atom. The zero-order chi connectivity index (χ0) is 29.9. The van der Waals surface area contributed by atoms with Crippen molar-refractivity contribution >= 4 is 28.2 Å². The molecule has 1 saturated heterocycles. The van der Waals surface area contributed by atoms with Gasteiger partial charge in [0.25, 0.3) is 11.5 Å². The van der Waals surface area contributed by atoms with Crippen LogP contribution in [0.3, 0.4) is 0 Å². The molecule has 3 atom stereocenters. The van der Waals surface area contributed by atoms with Crippen LogP contribution in [-0.2, 0) is 4.79 Å². The van der Waals surface area contributed by atoms with E-state index in [4.69, 9.17) is 0 Å². The van der Waals surface area contributed by atoms with Gasteiger partial charge in [-0.1, -0.05) is 42.2 Å². The highest BCUT2D eigenvalue weighted by Gasteiger charge is 2.27. The van der Waals surface area contributed by atoms with Crippen molar-refractivity contribution in [2.75, 3.05) is 6.54 Å². The minimum Gasteiger partial charge on any atom is -0.379 e. The molecule has 6 rings (SSSR count). The standard InChI is InChI=1S/C32H29N7O4/c1-20(36-30(41)24-19-35-38-17-7-16-33-29(24)38)26-18-22-9-5-8-21(10-6-15-34-31(42)25-13-14-27(40)37-25)28(22)32(43)39(26)23-11-3-2-4-12-23/h2-5,7-9,11-12,16-20,25,27,37,40H,13-15H2,1H3,(H,34,42)(H,36,41). The molecule has 2 aromatic carbocycles. The second kappa shape index (κ2) is 11.9. The highest BCUT2D eigenvalue weighted by Crippen LogP contribution is 2.24. The van der Waals surface area contributed by atoms with Gasteiger partial charge in [-0.25, -0.2) is 9.50 Å². The quantitative estimate of drug-likeness (QED) is 0.227. The highest BCUT2D eigenvalue weighted by atomic mass is 16.3. The van der Waals surface area contributed by atoms with Crippen LogP contribution in [0.25, 0.3) is 22.1 Å². The van der Waals surface area contributed by atoms with Gasteiger partial charge in [0, 0.05) is 29.3 Å². The van der Waals surface area contributed by atoms with Crippen molar-refractivity contribution in [3.05, 3.63) is 106 Å². The topological polar surface area (TPSA) is 143 Å². The number of fused-ring (bicyclic) bond motifs is 2. The van der Waals surface area contributed by atoms with Crippen LogP contribution in [0.5, 0.6) is 0 Å². The third kappa shape index (κ3) is 5.61. The van der Waals surface area contributed by atoms with Gasteiger partial charge in [-0.3, -0.25) is 24.3 Å². The van der Waals surface area contributed by atoms with Crippen LogP contribution in [0, 0.1) is 11.8 Å². The number of pyridine rings is 1. The Labute approximate surface area is 246 Å². The van der Waals surface area contributed by atoms with Crippen LogP contribution in [-0.4, -0.2) is 54.9 Å². The van der Waals surface area contributed by atoms with Crippen molar-refractivity contribution in [3.8, 4) is 17.5 Å². The molecule has 3 aromatic heterocycles. The van der Waals surface area contributed by atoms with E-state index in [9.17, 15) is 19.5 Å². The lowest BCUT2D eigenvalue weighted by molar-refractivity contribution is -0.122. The fraction of sp³-hybridized carbons (Fsp3) is 0.219. The van der Waals surface area contributed by atoms with Crippen LogP contribution in [0.2, 0.25) is 0 Å². The zero-order valence-corrected chi connectivity index (χ0v) is 23.3. The number of benzene rings is 2. The van der Waals surface area contributed by atoms with E-state index in [0.717, 1.165) is 0 Å². The molecule has 3 unspecified atom stereocenters. The van der Waals surface area contributed by atoms with Gasteiger partial charge in [-0.2, -0.15) is 5.10 Å². The summed E-state index contributed by atoms with van der Waals surface area (Å²) in [5.41, 5.74) is 2.23. The smallest absolute Gasteiger partial charge is 0.264 e. The first-order valence-electron chi connectivity index (χ1n) is 13.9. The number of aliphatic hydroxyl groups is 1. The second-order valence-corrected chi connectivity index (χ2v) is 10.3. The molecule has 43 heavy (non-hydrogen) atoms. The molecule has 0 radical (unpaired) electrons. The molecule has 216 valence electrons. The number of aromatic nitrogens is 4. The molecule has 4 heterocycles. The lowest BCUT2D eigenvalue weighted by Gasteiger charge is -2.21. The number of amides is 2. The number of nitrogens with one attached hydrogen (secondary N) is 3. The average Bonchev–Trinajstić information content (AvgIpc) is 3.66. The Balaban J connectivity index is 1.33. The number of carbonyl (C=O) groups is 2. The molecule has 5 aromatic rings. The second-order valence-electron chi connectivity index (χ2n) is 10.3. The average molecular weight is 576 g/mol. The predicted octanol–water partition coefficient (Wildman–Crippen LogP) is 2.06. The lowest BCUT2D eigenvalue weighted by Crippen LogP contribution is -2.42. The molecular weight excluding hydrogens is 546 g/mol. The van der Waals surface area contributed by atoms with E-state index >= 15 is 0 Å². The first-order valence-corrected chi connectivity index (χ1v) is 13.9. The Hall–Kier alpha value is -5.31. The third-order valence-corrected chi connectivity index (χ3v) is 7.42. The number of nitrogens with zero attached hydrogens (tertiary/aromatic N) is 4. The fourth-order valence-electron chi connectivity index (χ4n) is 5.31. The zero-order valence-electron chi connectivity index (χ0n) is 23.3. The van der Waals surface area contributed by atoms with E-state index in [-0.39, 0.29) is 23.9 Å². The molecule has 1 aliphatic heterocycles. The van der Waals surface area contributed by atoms with Crippen molar-refractivity contribution in [2.24, 2.45) is 0 Å². The van der Waals surface area contributed by atoms with Gasteiger partial charge >= 0.3 is 0 Å². The summed E-state index contributed by atoms with van der Waals surface area (Å²) in [5, 5.41) is 23.5.